The Morgan fingerprint density at radius 2 is 2.00 bits per heavy atom. The molecular weight excluding hydrogens is 293 g/mol. The molecule has 0 fully saturated rings. The van der Waals surface area contributed by atoms with Gasteiger partial charge in [0, 0.05) is 17.7 Å². The molecule has 0 aliphatic carbocycles. The van der Waals surface area contributed by atoms with Gasteiger partial charge >= 0.3 is 5.97 Å². The lowest BCUT2D eigenvalue weighted by molar-refractivity contribution is -0.132. The number of halogens is 1. The molecule has 1 aliphatic rings. The molecule has 1 aromatic rings. The summed E-state index contributed by atoms with van der Waals surface area (Å²) in [6.07, 6.45) is 2.45. The molecule has 21 heavy (non-hydrogen) atoms. The third-order valence-corrected chi connectivity index (χ3v) is 4.51. The van der Waals surface area contributed by atoms with Gasteiger partial charge in [-0.25, -0.2) is 14.2 Å². The maximum Gasteiger partial charge on any atom is 0.333 e. The minimum atomic E-state index is -1.27. The molecule has 0 radical (unpaired) electrons. The van der Waals surface area contributed by atoms with E-state index in [1.54, 1.807) is 0 Å². The van der Waals surface area contributed by atoms with E-state index in [1.807, 2.05) is 6.92 Å². The average molecular weight is 309 g/mol. The minimum absolute atomic E-state index is 0.0527. The first-order valence-corrected chi connectivity index (χ1v) is 8.10. The van der Waals surface area contributed by atoms with Crippen LogP contribution in [0.2, 0.25) is 0 Å². The number of benzene rings is 1. The number of nitrogens with zero attached hydrogens (tertiary/aromatic N) is 1. The molecule has 6 heteroatoms. The van der Waals surface area contributed by atoms with Gasteiger partial charge in [-0.05, 0) is 37.1 Å². The summed E-state index contributed by atoms with van der Waals surface area (Å²) in [7, 11) is -1.27. The molecule has 0 spiro atoms. The van der Waals surface area contributed by atoms with E-state index >= 15 is 0 Å². The van der Waals surface area contributed by atoms with Crippen LogP contribution in [0.4, 0.5) is 4.39 Å². The quantitative estimate of drug-likeness (QED) is 0.913. The summed E-state index contributed by atoms with van der Waals surface area (Å²) >= 11 is 0. The lowest BCUT2D eigenvalue weighted by Gasteiger charge is -2.09. The van der Waals surface area contributed by atoms with Crippen LogP contribution >= 0.6 is 0 Å². The fourth-order valence-corrected chi connectivity index (χ4v) is 3.20. The summed E-state index contributed by atoms with van der Waals surface area (Å²) < 4.78 is 24.9. The Morgan fingerprint density at radius 1 is 1.38 bits per heavy atom. The summed E-state index contributed by atoms with van der Waals surface area (Å²) in [5.41, 5.74) is 0.969. The highest BCUT2D eigenvalue weighted by Crippen LogP contribution is 2.30. The number of rotatable bonds is 2. The fourth-order valence-electron chi connectivity index (χ4n) is 2.29. The second-order valence-electron chi connectivity index (χ2n) is 4.98. The molecule has 0 saturated heterocycles. The van der Waals surface area contributed by atoms with E-state index in [0.717, 1.165) is 0 Å². The van der Waals surface area contributed by atoms with Crippen LogP contribution in [0.15, 0.2) is 34.8 Å². The molecular formula is C15H16FNO3S. The van der Waals surface area contributed by atoms with Gasteiger partial charge < -0.3 is 5.11 Å². The number of carboxylic acid groups (broad SMARTS) is 1. The number of aliphatic imine (C=N–C) groups is 1. The molecule has 0 amide bonds. The number of carbonyl (C=O) groups is 1. The van der Waals surface area contributed by atoms with Crippen LogP contribution in [-0.4, -0.2) is 26.6 Å². The van der Waals surface area contributed by atoms with E-state index in [4.69, 9.17) is 0 Å². The maximum atomic E-state index is 13.0. The molecule has 1 aromatic carbocycles. The van der Waals surface area contributed by atoms with Gasteiger partial charge in [0.15, 0.2) is 0 Å². The van der Waals surface area contributed by atoms with Crippen molar-refractivity contribution in [3.05, 3.63) is 41.2 Å². The number of aliphatic carboxylic acids is 1. The van der Waals surface area contributed by atoms with Gasteiger partial charge in [-0.1, -0.05) is 6.92 Å². The molecule has 0 aromatic heterocycles. The summed E-state index contributed by atoms with van der Waals surface area (Å²) in [6, 6.07) is 5.50. The summed E-state index contributed by atoms with van der Waals surface area (Å²) in [5, 5.41) is 9.86. The first kappa shape index (κ1) is 15.6. The number of hydrogen-bond acceptors (Lipinski definition) is 3. The van der Waals surface area contributed by atoms with Crippen LogP contribution in [0.1, 0.15) is 25.3 Å². The molecule has 112 valence electrons. The van der Waals surface area contributed by atoms with Gasteiger partial charge in [0.1, 0.15) is 10.9 Å². The van der Waals surface area contributed by atoms with Crippen LogP contribution in [0.25, 0.3) is 5.70 Å². The van der Waals surface area contributed by atoms with Crippen molar-refractivity contribution < 1.29 is 18.5 Å². The first-order chi connectivity index (χ1) is 9.90. The van der Waals surface area contributed by atoms with E-state index in [9.17, 15) is 18.5 Å². The van der Waals surface area contributed by atoms with Crippen LogP contribution in [-0.2, 0) is 15.6 Å². The Kier molecular flexibility index (Phi) is 4.67. The normalized spacial score (nSPS) is 20.7. The van der Waals surface area contributed by atoms with Crippen molar-refractivity contribution in [1.29, 1.82) is 0 Å². The summed E-state index contributed by atoms with van der Waals surface area (Å²) in [4.78, 5) is 15.8. The molecule has 2 atom stereocenters. The van der Waals surface area contributed by atoms with Gasteiger partial charge in [0.2, 0.25) is 0 Å². The van der Waals surface area contributed by atoms with Crippen molar-refractivity contribution in [1.82, 2.24) is 0 Å². The topological polar surface area (TPSA) is 66.7 Å². The molecule has 2 rings (SSSR count). The summed E-state index contributed by atoms with van der Waals surface area (Å²) in [6.45, 7) is 1.88. The SMILES string of the molecule is CC1CCC(C(=O)O)=C(c2ccc(F)cc2)N=C1S(C)=O. The van der Waals surface area contributed by atoms with E-state index in [0.29, 0.717) is 23.4 Å². The van der Waals surface area contributed by atoms with Crippen molar-refractivity contribution in [3.8, 4) is 0 Å². The van der Waals surface area contributed by atoms with Gasteiger partial charge in [-0.2, -0.15) is 0 Å². The summed E-state index contributed by atoms with van der Waals surface area (Å²) in [5.74, 6) is -1.50. The third kappa shape index (κ3) is 3.44. The second-order valence-corrected chi connectivity index (χ2v) is 6.31. The Hall–Kier alpha value is -1.82. The van der Waals surface area contributed by atoms with Crippen molar-refractivity contribution in [2.75, 3.05) is 6.26 Å². The van der Waals surface area contributed by atoms with Crippen molar-refractivity contribution >= 4 is 27.5 Å². The predicted octanol–water partition coefficient (Wildman–Crippen LogP) is 2.83. The largest absolute Gasteiger partial charge is 0.478 e. The van der Waals surface area contributed by atoms with Crippen LogP contribution in [0.5, 0.6) is 0 Å². The smallest absolute Gasteiger partial charge is 0.333 e. The van der Waals surface area contributed by atoms with E-state index in [2.05, 4.69) is 4.99 Å². The lowest BCUT2D eigenvalue weighted by Crippen LogP contribution is -2.15. The molecule has 4 nitrogen and oxygen atoms in total. The van der Waals surface area contributed by atoms with Gasteiger partial charge in [0.05, 0.1) is 22.1 Å². The molecule has 0 bridgehead atoms. The zero-order valence-electron chi connectivity index (χ0n) is 11.8. The minimum Gasteiger partial charge on any atom is -0.478 e. The van der Waals surface area contributed by atoms with Crippen LogP contribution in [0, 0.1) is 11.7 Å². The van der Waals surface area contributed by atoms with E-state index in [-0.39, 0.29) is 17.2 Å². The van der Waals surface area contributed by atoms with Crippen molar-refractivity contribution in [2.45, 2.75) is 19.8 Å². The Bertz CT molecular complexity index is 649. The Morgan fingerprint density at radius 3 is 2.52 bits per heavy atom. The molecule has 1 heterocycles. The predicted molar refractivity (Wildman–Crippen MR) is 80.9 cm³/mol. The van der Waals surface area contributed by atoms with Gasteiger partial charge in [-0.15, -0.1) is 0 Å². The van der Waals surface area contributed by atoms with E-state index in [1.165, 1.54) is 30.5 Å². The van der Waals surface area contributed by atoms with Crippen molar-refractivity contribution in [3.63, 3.8) is 0 Å². The molecule has 2 unspecified atom stereocenters. The van der Waals surface area contributed by atoms with Gasteiger partial charge in [-0.3, -0.25) is 4.21 Å². The highest BCUT2D eigenvalue weighted by Gasteiger charge is 2.25. The zero-order chi connectivity index (χ0) is 15.6. The zero-order valence-corrected chi connectivity index (χ0v) is 12.6. The number of carboxylic acids is 1. The molecule has 0 saturated carbocycles. The molecule has 1 aliphatic heterocycles. The lowest BCUT2D eigenvalue weighted by atomic mass is 10.00. The Balaban J connectivity index is 2.63. The maximum absolute atomic E-state index is 13.0. The highest BCUT2D eigenvalue weighted by molar-refractivity contribution is 8.00. The Labute approximate surface area is 124 Å². The fraction of sp³-hybridized carbons (Fsp3) is 0.333. The second kappa shape index (κ2) is 6.30. The molecule has 1 N–H and O–H groups in total. The monoisotopic (exact) mass is 309 g/mol. The third-order valence-electron chi connectivity index (χ3n) is 3.43. The average Bonchev–Trinajstić information content (AvgIpc) is 2.59. The first-order valence-electron chi connectivity index (χ1n) is 6.54. The van der Waals surface area contributed by atoms with Crippen molar-refractivity contribution in [2.24, 2.45) is 10.9 Å². The standard InChI is InChI=1S/C15H16FNO3S/c1-9-3-8-12(15(18)19)13(17-14(9)21(2)20)10-4-6-11(16)7-5-10/h4-7,9H,3,8H2,1-2H3,(H,18,19). The highest BCUT2D eigenvalue weighted by atomic mass is 32.2. The van der Waals surface area contributed by atoms with Crippen LogP contribution < -0.4 is 0 Å². The van der Waals surface area contributed by atoms with Gasteiger partial charge in [0.25, 0.3) is 0 Å². The van der Waals surface area contributed by atoms with E-state index < -0.39 is 22.6 Å². The van der Waals surface area contributed by atoms with Crippen LogP contribution in [0.3, 0.4) is 0 Å². The number of hydrogen-bond donors (Lipinski definition) is 1.